The average molecular weight is 241 g/mol. The fourth-order valence-corrected chi connectivity index (χ4v) is 3.15. The lowest BCUT2D eigenvalue weighted by molar-refractivity contribution is 0.529. The van der Waals surface area contributed by atoms with Crippen molar-refractivity contribution in [1.82, 2.24) is 4.57 Å². The number of hydrogen-bond donors (Lipinski definition) is 0. The number of para-hydroxylation sites is 1. The van der Waals surface area contributed by atoms with E-state index in [0.717, 1.165) is 29.4 Å². The Morgan fingerprint density at radius 2 is 1.94 bits per heavy atom. The fraction of sp³-hybridized carbons (Fsp3) is 0.438. The highest BCUT2D eigenvalue weighted by molar-refractivity contribution is 5.80. The molecule has 3 rings (SSSR count). The van der Waals surface area contributed by atoms with Crippen LogP contribution in [0.2, 0.25) is 0 Å². The third-order valence-corrected chi connectivity index (χ3v) is 3.94. The highest BCUT2D eigenvalue weighted by Gasteiger charge is 2.20. The van der Waals surface area contributed by atoms with Gasteiger partial charge >= 0.3 is 0 Å². The van der Waals surface area contributed by atoms with E-state index < -0.39 is 0 Å². The topological polar surface area (TPSA) is 22.0 Å². The van der Waals surface area contributed by atoms with Crippen molar-refractivity contribution in [3.05, 3.63) is 45.7 Å². The maximum atomic E-state index is 12.6. The highest BCUT2D eigenvalue weighted by atomic mass is 16.1. The van der Waals surface area contributed by atoms with Crippen molar-refractivity contribution < 1.29 is 0 Å². The lowest BCUT2D eigenvalue weighted by Crippen LogP contribution is -2.24. The quantitative estimate of drug-likeness (QED) is 0.749. The van der Waals surface area contributed by atoms with E-state index in [1.165, 1.54) is 18.5 Å². The van der Waals surface area contributed by atoms with Crippen molar-refractivity contribution >= 4 is 10.9 Å². The van der Waals surface area contributed by atoms with E-state index in [9.17, 15) is 4.79 Å². The molecule has 0 spiro atoms. The van der Waals surface area contributed by atoms with Crippen LogP contribution in [0.5, 0.6) is 0 Å². The highest BCUT2D eigenvalue weighted by Crippen LogP contribution is 2.26. The summed E-state index contributed by atoms with van der Waals surface area (Å²) in [7, 11) is 0. The number of pyridine rings is 1. The molecule has 0 bridgehead atoms. The smallest absolute Gasteiger partial charge is 0.193 e. The summed E-state index contributed by atoms with van der Waals surface area (Å²) in [6, 6.07) is 8.03. The Labute approximate surface area is 107 Å². The van der Waals surface area contributed by atoms with Gasteiger partial charge in [0.25, 0.3) is 0 Å². The largest absolute Gasteiger partial charge is 0.344 e. The molecule has 1 aliphatic rings. The summed E-state index contributed by atoms with van der Waals surface area (Å²) < 4.78 is 2.37. The van der Waals surface area contributed by atoms with Crippen LogP contribution in [-0.4, -0.2) is 4.57 Å². The van der Waals surface area contributed by atoms with Gasteiger partial charge in [-0.15, -0.1) is 0 Å². The maximum absolute atomic E-state index is 12.6. The Balaban J connectivity index is 2.47. The Morgan fingerprint density at radius 1 is 1.17 bits per heavy atom. The van der Waals surface area contributed by atoms with Crippen LogP contribution >= 0.6 is 0 Å². The first-order chi connectivity index (χ1) is 8.70. The van der Waals surface area contributed by atoms with Gasteiger partial charge in [-0.3, -0.25) is 4.79 Å². The van der Waals surface area contributed by atoms with Gasteiger partial charge in [0.1, 0.15) is 0 Å². The van der Waals surface area contributed by atoms with Crippen molar-refractivity contribution in [2.75, 3.05) is 0 Å². The molecule has 0 unspecified atom stereocenters. The molecule has 0 saturated heterocycles. The van der Waals surface area contributed by atoms with Crippen LogP contribution in [0.25, 0.3) is 10.9 Å². The van der Waals surface area contributed by atoms with Gasteiger partial charge in [-0.2, -0.15) is 0 Å². The van der Waals surface area contributed by atoms with Gasteiger partial charge in [0, 0.05) is 23.2 Å². The van der Waals surface area contributed by atoms with Crippen LogP contribution in [-0.2, 0) is 13.0 Å². The van der Waals surface area contributed by atoms with E-state index in [-0.39, 0.29) is 5.43 Å². The lowest BCUT2D eigenvalue weighted by Gasteiger charge is -2.25. The molecule has 0 radical (unpaired) electrons. The number of aryl methyl sites for hydroxylation is 1. The van der Waals surface area contributed by atoms with E-state index in [1.54, 1.807) is 0 Å². The molecule has 2 heteroatoms. The van der Waals surface area contributed by atoms with Gasteiger partial charge in [0.05, 0.1) is 5.52 Å². The molecule has 0 amide bonds. The van der Waals surface area contributed by atoms with E-state index in [1.807, 2.05) is 18.2 Å². The van der Waals surface area contributed by atoms with E-state index in [4.69, 9.17) is 0 Å². The van der Waals surface area contributed by atoms with Gasteiger partial charge in [-0.1, -0.05) is 26.0 Å². The van der Waals surface area contributed by atoms with Crippen LogP contribution in [0.3, 0.4) is 0 Å². The molecule has 2 nitrogen and oxygen atoms in total. The summed E-state index contributed by atoms with van der Waals surface area (Å²) in [5, 5.41) is 0.881. The second-order valence-corrected chi connectivity index (χ2v) is 5.47. The minimum absolute atomic E-state index is 0.244. The minimum atomic E-state index is 0.244. The number of fused-ring (bicyclic) bond motifs is 3. The number of rotatable bonds is 1. The lowest BCUT2D eigenvalue weighted by atomic mass is 9.93. The first-order valence-electron chi connectivity index (χ1n) is 6.84. The number of hydrogen-bond acceptors (Lipinski definition) is 1. The Morgan fingerprint density at radius 3 is 2.72 bits per heavy atom. The summed E-state index contributed by atoms with van der Waals surface area (Å²) in [6.45, 7) is 5.30. The van der Waals surface area contributed by atoms with E-state index in [0.29, 0.717) is 5.92 Å². The molecule has 1 aromatic heterocycles. The monoisotopic (exact) mass is 241 g/mol. The van der Waals surface area contributed by atoms with Gasteiger partial charge < -0.3 is 4.57 Å². The molecular weight excluding hydrogens is 222 g/mol. The summed E-state index contributed by atoms with van der Waals surface area (Å²) in [5.74, 6) is 0.307. The third kappa shape index (κ3) is 1.59. The zero-order chi connectivity index (χ0) is 12.7. The summed E-state index contributed by atoms with van der Waals surface area (Å²) in [6.07, 6.45) is 3.47. The number of aromatic nitrogens is 1. The van der Waals surface area contributed by atoms with Crippen molar-refractivity contribution in [2.45, 2.75) is 45.6 Å². The van der Waals surface area contributed by atoms with Crippen LogP contribution in [0, 0.1) is 0 Å². The molecule has 1 aliphatic heterocycles. The minimum Gasteiger partial charge on any atom is -0.344 e. The zero-order valence-electron chi connectivity index (χ0n) is 11.1. The molecule has 0 aliphatic carbocycles. The second kappa shape index (κ2) is 4.27. The molecule has 18 heavy (non-hydrogen) atoms. The van der Waals surface area contributed by atoms with Crippen molar-refractivity contribution in [3.63, 3.8) is 0 Å². The van der Waals surface area contributed by atoms with Crippen LogP contribution < -0.4 is 5.43 Å². The van der Waals surface area contributed by atoms with Crippen molar-refractivity contribution in [3.8, 4) is 0 Å². The molecule has 0 saturated carbocycles. The SMILES string of the molecule is CC(C)c1c2n(c3ccccc3c1=O)CCCC2. The van der Waals surface area contributed by atoms with Gasteiger partial charge in [0.15, 0.2) is 5.43 Å². The molecule has 94 valence electrons. The predicted octanol–water partition coefficient (Wildman–Crippen LogP) is 3.46. The third-order valence-electron chi connectivity index (χ3n) is 3.94. The van der Waals surface area contributed by atoms with E-state index >= 15 is 0 Å². The standard InChI is InChI=1S/C16H19NO/c1-11(2)15-14-9-5-6-10-17(14)13-8-4-3-7-12(13)16(15)18/h3-4,7-8,11H,5-6,9-10H2,1-2H3. The summed E-state index contributed by atoms with van der Waals surface area (Å²) in [5.41, 5.74) is 3.67. The van der Waals surface area contributed by atoms with Gasteiger partial charge in [-0.05, 0) is 37.3 Å². The normalized spacial score (nSPS) is 15.1. The van der Waals surface area contributed by atoms with Crippen LogP contribution in [0.1, 0.15) is 43.9 Å². The molecular formula is C16H19NO. The summed E-state index contributed by atoms with van der Waals surface area (Å²) in [4.78, 5) is 12.6. The van der Waals surface area contributed by atoms with Crippen molar-refractivity contribution in [1.29, 1.82) is 0 Å². The molecule has 1 aromatic carbocycles. The second-order valence-electron chi connectivity index (χ2n) is 5.47. The predicted molar refractivity (Wildman–Crippen MR) is 75.2 cm³/mol. The Bertz CT molecular complexity index is 652. The van der Waals surface area contributed by atoms with Crippen molar-refractivity contribution in [2.24, 2.45) is 0 Å². The molecule has 2 heterocycles. The maximum Gasteiger partial charge on any atom is 0.193 e. The number of nitrogens with zero attached hydrogens (tertiary/aromatic N) is 1. The molecule has 2 aromatic rings. The molecule has 0 fully saturated rings. The fourth-order valence-electron chi connectivity index (χ4n) is 3.15. The molecule has 0 N–H and O–H groups in total. The van der Waals surface area contributed by atoms with Crippen LogP contribution in [0.15, 0.2) is 29.1 Å². The first-order valence-corrected chi connectivity index (χ1v) is 6.84. The number of benzene rings is 1. The molecule has 0 atom stereocenters. The first kappa shape index (κ1) is 11.5. The van der Waals surface area contributed by atoms with Gasteiger partial charge in [-0.25, -0.2) is 0 Å². The van der Waals surface area contributed by atoms with E-state index in [2.05, 4.69) is 24.5 Å². The van der Waals surface area contributed by atoms with Gasteiger partial charge in [0.2, 0.25) is 0 Å². The average Bonchev–Trinajstić information content (AvgIpc) is 2.39. The van der Waals surface area contributed by atoms with Crippen LogP contribution in [0.4, 0.5) is 0 Å². The summed E-state index contributed by atoms with van der Waals surface area (Å²) >= 11 is 0. The Hall–Kier alpha value is -1.57. The Kier molecular flexibility index (Phi) is 2.73. The zero-order valence-corrected chi connectivity index (χ0v) is 11.1.